The van der Waals surface area contributed by atoms with E-state index < -0.39 is 0 Å². The van der Waals surface area contributed by atoms with Gasteiger partial charge in [-0.25, -0.2) is 0 Å². The van der Waals surface area contributed by atoms with Crippen molar-refractivity contribution < 1.29 is 14.6 Å². The molecule has 1 N–H and O–H groups in total. The van der Waals surface area contributed by atoms with E-state index in [9.17, 15) is 4.79 Å². The highest BCUT2D eigenvalue weighted by Crippen LogP contribution is 2.23. The first-order valence-corrected chi connectivity index (χ1v) is 7.86. The van der Waals surface area contributed by atoms with Gasteiger partial charge in [0.15, 0.2) is 6.61 Å². The maximum Gasteiger partial charge on any atom is 0.260 e. The zero-order valence-electron chi connectivity index (χ0n) is 12.8. The van der Waals surface area contributed by atoms with Gasteiger partial charge < -0.3 is 14.7 Å². The van der Waals surface area contributed by atoms with Gasteiger partial charge in [-0.15, -0.1) is 0 Å². The van der Waals surface area contributed by atoms with E-state index in [1.807, 2.05) is 24.3 Å². The Hall–Kier alpha value is -1.55. The first-order chi connectivity index (χ1) is 10.2. The van der Waals surface area contributed by atoms with Crippen molar-refractivity contribution in [2.45, 2.75) is 45.1 Å². The number of carbonyl (C=O) groups excluding carboxylic acids is 1. The molecule has 0 aliphatic heterocycles. The van der Waals surface area contributed by atoms with Crippen LogP contribution in [0.1, 0.15) is 38.2 Å². The molecule has 1 aromatic carbocycles. The van der Waals surface area contributed by atoms with Crippen molar-refractivity contribution in [2.24, 2.45) is 0 Å². The van der Waals surface area contributed by atoms with Crippen molar-refractivity contribution in [2.75, 3.05) is 19.8 Å². The van der Waals surface area contributed by atoms with Crippen LogP contribution >= 0.6 is 0 Å². The summed E-state index contributed by atoms with van der Waals surface area (Å²) in [5, 5.41) is 9.16. The van der Waals surface area contributed by atoms with Crippen molar-refractivity contribution in [3.8, 4) is 5.75 Å². The van der Waals surface area contributed by atoms with Crippen LogP contribution in [0.5, 0.6) is 5.75 Å². The fourth-order valence-corrected chi connectivity index (χ4v) is 2.92. The summed E-state index contributed by atoms with van der Waals surface area (Å²) < 4.78 is 5.62. The fourth-order valence-electron chi connectivity index (χ4n) is 2.92. The topological polar surface area (TPSA) is 49.8 Å². The molecule has 1 aliphatic rings. The summed E-state index contributed by atoms with van der Waals surface area (Å²) in [7, 11) is 0. The Morgan fingerprint density at radius 3 is 2.81 bits per heavy atom. The standard InChI is InChI=1S/C17H25NO3/c1-2-14-6-5-9-16(12-14)21-13-17(20)18(10-11-19)15-7-3-4-8-15/h5-6,9,12,15,19H,2-4,7-8,10-11,13H2,1H3. The third kappa shape index (κ3) is 4.46. The van der Waals surface area contributed by atoms with Gasteiger partial charge in [-0.3, -0.25) is 4.79 Å². The number of aliphatic hydroxyl groups is 1. The Bertz CT molecular complexity index is 455. The van der Waals surface area contributed by atoms with Gasteiger partial charge in [0.25, 0.3) is 5.91 Å². The third-order valence-corrected chi connectivity index (χ3v) is 4.10. The summed E-state index contributed by atoms with van der Waals surface area (Å²) in [4.78, 5) is 14.1. The van der Waals surface area contributed by atoms with E-state index in [0.29, 0.717) is 6.54 Å². The number of hydrogen-bond donors (Lipinski definition) is 1. The van der Waals surface area contributed by atoms with Crippen LogP contribution in [0.25, 0.3) is 0 Å². The molecular formula is C17H25NO3. The fraction of sp³-hybridized carbons (Fsp3) is 0.588. The molecule has 116 valence electrons. The summed E-state index contributed by atoms with van der Waals surface area (Å²) >= 11 is 0. The SMILES string of the molecule is CCc1cccc(OCC(=O)N(CCO)C2CCCC2)c1. The Morgan fingerprint density at radius 2 is 2.14 bits per heavy atom. The molecule has 0 radical (unpaired) electrons. The largest absolute Gasteiger partial charge is 0.484 e. The lowest BCUT2D eigenvalue weighted by atomic mass is 10.2. The zero-order chi connectivity index (χ0) is 15.1. The second-order valence-electron chi connectivity index (χ2n) is 5.54. The quantitative estimate of drug-likeness (QED) is 0.839. The number of carbonyl (C=O) groups is 1. The van der Waals surface area contributed by atoms with Crippen molar-refractivity contribution in [3.05, 3.63) is 29.8 Å². The molecule has 4 heteroatoms. The second-order valence-corrected chi connectivity index (χ2v) is 5.54. The van der Waals surface area contributed by atoms with E-state index in [-0.39, 0.29) is 25.2 Å². The van der Waals surface area contributed by atoms with Crippen molar-refractivity contribution in [3.63, 3.8) is 0 Å². The molecule has 4 nitrogen and oxygen atoms in total. The molecule has 0 bridgehead atoms. The monoisotopic (exact) mass is 291 g/mol. The van der Waals surface area contributed by atoms with Gasteiger partial charge in [0.2, 0.25) is 0 Å². The highest BCUT2D eigenvalue weighted by Gasteiger charge is 2.26. The molecule has 1 fully saturated rings. The lowest BCUT2D eigenvalue weighted by Crippen LogP contribution is -2.43. The number of benzene rings is 1. The number of rotatable bonds is 7. The molecule has 0 atom stereocenters. The van der Waals surface area contributed by atoms with Gasteiger partial charge in [0, 0.05) is 12.6 Å². The molecule has 1 aliphatic carbocycles. The molecule has 1 saturated carbocycles. The van der Waals surface area contributed by atoms with Crippen LogP contribution < -0.4 is 4.74 Å². The summed E-state index contributed by atoms with van der Waals surface area (Å²) in [6, 6.07) is 8.11. The normalized spacial score (nSPS) is 15.1. The highest BCUT2D eigenvalue weighted by molar-refractivity contribution is 5.78. The molecule has 1 aromatic rings. The highest BCUT2D eigenvalue weighted by atomic mass is 16.5. The molecule has 0 saturated heterocycles. The Kier molecular flexibility index (Phi) is 6.05. The van der Waals surface area contributed by atoms with Crippen molar-refractivity contribution >= 4 is 5.91 Å². The van der Waals surface area contributed by atoms with Crippen LogP contribution in [0.4, 0.5) is 0 Å². The lowest BCUT2D eigenvalue weighted by Gasteiger charge is -2.28. The van der Waals surface area contributed by atoms with E-state index in [4.69, 9.17) is 9.84 Å². The lowest BCUT2D eigenvalue weighted by molar-refractivity contribution is -0.136. The zero-order valence-corrected chi connectivity index (χ0v) is 12.8. The van der Waals surface area contributed by atoms with E-state index in [2.05, 4.69) is 6.92 Å². The number of aryl methyl sites for hydroxylation is 1. The van der Waals surface area contributed by atoms with Crippen LogP contribution in [0.3, 0.4) is 0 Å². The van der Waals surface area contributed by atoms with Gasteiger partial charge in [0.05, 0.1) is 6.61 Å². The molecule has 1 amide bonds. The van der Waals surface area contributed by atoms with Crippen LogP contribution in [0, 0.1) is 0 Å². The van der Waals surface area contributed by atoms with Gasteiger partial charge in [-0.2, -0.15) is 0 Å². The van der Waals surface area contributed by atoms with E-state index in [1.165, 1.54) is 18.4 Å². The summed E-state index contributed by atoms with van der Waals surface area (Å²) in [6.45, 7) is 2.55. The number of ether oxygens (including phenoxy) is 1. The Balaban J connectivity index is 1.91. The van der Waals surface area contributed by atoms with Crippen LogP contribution in [0.15, 0.2) is 24.3 Å². The van der Waals surface area contributed by atoms with E-state index in [0.717, 1.165) is 25.0 Å². The van der Waals surface area contributed by atoms with Crippen LogP contribution in [0.2, 0.25) is 0 Å². The molecule has 21 heavy (non-hydrogen) atoms. The second kappa shape index (κ2) is 8.03. The van der Waals surface area contributed by atoms with Crippen molar-refractivity contribution in [1.82, 2.24) is 4.90 Å². The van der Waals surface area contributed by atoms with Crippen LogP contribution in [-0.2, 0) is 11.2 Å². The Labute approximate surface area is 126 Å². The number of nitrogens with zero attached hydrogens (tertiary/aromatic N) is 1. The minimum Gasteiger partial charge on any atom is -0.484 e. The van der Waals surface area contributed by atoms with Gasteiger partial charge in [-0.1, -0.05) is 31.9 Å². The summed E-state index contributed by atoms with van der Waals surface area (Å²) in [5.74, 6) is 0.705. The minimum atomic E-state index is -0.0298. The van der Waals surface area contributed by atoms with Crippen LogP contribution in [-0.4, -0.2) is 41.7 Å². The van der Waals surface area contributed by atoms with Gasteiger partial charge in [-0.05, 0) is 37.0 Å². The molecule has 0 unspecified atom stereocenters. The van der Waals surface area contributed by atoms with Gasteiger partial charge in [0.1, 0.15) is 5.75 Å². The minimum absolute atomic E-state index is 0.00750. The maximum atomic E-state index is 12.3. The maximum absolute atomic E-state index is 12.3. The Morgan fingerprint density at radius 1 is 1.38 bits per heavy atom. The molecular weight excluding hydrogens is 266 g/mol. The number of hydrogen-bond acceptors (Lipinski definition) is 3. The smallest absolute Gasteiger partial charge is 0.260 e. The van der Waals surface area contributed by atoms with E-state index >= 15 is 0 Å². The van der Waals surface area contributed by atoms with E-state index in [1.54, 1.807) is 4.90 Å². The molecule has 0 aromatic heterocycles. The third-order valence-electron chi connectivity index (χ3n) is 4.10. The predicted molar refractivity (Wildman–Crippen MR) is 82.4 cm³/mol. The van der Waals surface area contributed by atoms with Crippen molar-refractivity contribution in [1.29, 1.82) is 0 Å². The predicted octanol–water partition coefficient (Wildman–Crippen LogP) is 2.39. The molecule has 0 heterocycles. The number of amides is 1. The molecule has 2 rings (SSSR count). The van der Waals surface area contributed by atoms with Gasteiger partial charge >= 0.3 is 0 Å². The first kappa shape index (κ1) is 15.8. The summed E-state index contributed by atoms with van der Waals surface area (Å²) in [6.07, 6.45) is 5.36. The number of aliphatic hydroxyl groups excluding tert-OH is 1. The average molecular weight is 291 g/mol. The first-order valence-electron chi connectivity index (χ1n) is 7.86. The average Bonchev–Trinajstić information content (AvgIpc) is 3.04. The molecule has 0 spiro atoms. The summed E-state index contributed by atoms with van der Waals surface area (Å²) in [5.41, 5.74) is 1.20.